The third-order valence-electron chi connectivity index (χ3n) is 24.6. The second-order valence-electron chi connectivity index (χ2n) is 36.0. The molecule has 142 heavy (non-hydrogen) atoms. The van der Waals surface area contributed by atoms with Crippen molar-refractivity contribution in [2.75, 3.05) is 92.9 Å². The van der Waals surface area contributed by atoms with E-state index < -0.39 is 7.60 Å². The minimum Gasteiger partial charge on any atom is -0.466 e. The van der Waals surface area contributed by atoms with Crippen molar-refractivity contribution in [2.45, 2.75) is 279 Å². The van der Waals surface area contributed by atoms with Crippen LogP contribution >= 0.6 is 7.60 Å². The molecule has 15 rings (SSSR count). The molecule has 0 aromatic carbocycles. The van der Waals surface area contributed by atoms with Crippen LogP contribution in [0.4, 0.5) is 29.1 Å². The minimum absolute atomic E-state index is 0.0574. The fraction of sp³-hybridized carbons (Fsp3) is 0.482. The average molecular weight is 1950 g/mol. The third kappa shape index (κ3) is 41.4. The van der Waals surface area contributed by atoms with E-state index in [1.54, 1.807) is 68.4 Å². The molecule has 31 nitrogen and oxygen atoms in total. The first kappa shape index (κ1) is 111. The standard InChI is InChI=1S/C24H34N4O2.C24H32N4O2.2C20H24N4O.C16H25N2O4P.C6H6N2O/c2*1-3-30-23(29)15-20(21-16-26-18(2)27-17-21)9-6-4-5-7-11-22-13-12-19-10-8-14-25-24(19)28-22;2*1-15-22-13-16(14-23-15)8-11-19(25)7-3-2-6-18-10-9-17-5-4-12-21-20(17)24-18;1-21-23(20,22-2)12-15(19)8-4-3-7-14-10-9-13-6-5-11-17-16(13)18-14;1-5-7-2-6(4-9)3-8-5/h12-13,16-17,20H,3-11,14-15H2,1-2H3,(H,25,28);6,9,12-13,16-17,20H,3-5,7-8,10-11,14-15H2,1-2H3,(H,25,28);2*8-11,13-14H,2-7,12H2,1H3,(H,21,24);9-10H,3-8,11-12H2,1-2H3,(H,17,18);2-4H,1H3/b;9-6+;2*11-8+;;. The van der Waals surface area contributed by atoms with E-state index >= 15 is 0 Å². The molecule has 0 aliphatic carbocycles. The van der Waals surface area contributed by atoms with Crippen LogP contribution in [0.25, 0.3) is 12.2 Å². The van der Waals surface area contributed by atoms with Gasteiger partial charge < -0.3 is 45.1 Å². The van der Waals surface area contributed by atoms with E-state index in [4.69, 9.17) is 28.5 Å². The summed E-state index contributed by atoms with van der Waals surface area (Å²) in [5, 5.41) is 16.9. The molecule has 5 aliphatic rings. The molecule has 32 heteroatoms. The number of esters is 2. The van der Waals surface area contributed by atoms with Crippen molar-refractivity contribution < 1.29 is 51.9 Å². The van der Waals surface area contributed by atoms with Crippen LogP contribution in [0.2, 0.25) is 0 Å². The van der Waals surface area contributed by atoms with E-state index in [1.807, 2.05) is 53.9 Å². The fourth-order valence-corrected chi connectivity index (χ4v) is 17.5. The number of nitrogens with one attached hydrogen (secondary N) is 5. The zero-order valence-corrected chi connectivity index (χ0v) is 85.5. The Kier molecular flexibility index (Phi) is 48.9. The SMILES string of the molecule is CCOC(=O)CC(/C=C/CCCCc1ccc2c(n1)NCCC2)c1cnc(C)nc1.CCOC(=O)CC(CCCCCCc1ccc2c(n1)NCCC2)c1cnc(C)nc1.COP(=O)(CC(=O)CCCCc1ccc2c(n1)NCCC2)OC.Cc1ncc(/C=C/C(=O)CCCCc2ccc3c(n2)NCCC3)cn1.Cc1ncc(/C=C/C(=O)CCCCc2ccc3c(n2)NCCC3)cn1.Cc1ncc(C=O)cn1. The van der Waals surface area contributed by atoms with Crippen molar-refractivity contribution in [1.29, 1.82) is 0 Å². The number of aromatic nitrogens is 15. The van der Waals surface area contributed by atoms with E-state index in [9.17, 15) is 33.3 Å². The number of aldehydes is 1. The molecule has 0 saturated carbocycles. The van der Waals surface area contributed by atoms with Gasteiger partial charge in [-0.05, 0) is 315 Å². The lowest BCUT2D eigenvalue weighted by Crippen LogP contribution is -2.14. The van der Waals surface area contributed by atoms with Gasteiger partial charge in [0.1, 0.15) is 70.2 Å². The summed E-state index contributed by atoms with van der Waals surface area (Å²) in [6, 6.07) is 21.6. The van der Waals surface area contributed by atoms with Crippen molar-refractivity contribution in [3.63, 3.8) is 0 Å². The molecule has 10 aromatic rings. The maximum Gasteiger partial charge on any atom is 0.337 e. The molecule has 15 heterocycles. The number of carbonyl (C=O) groups excluding carboxylic acids is 6. The largest absolute Gasteiger partial charge is 0.466 e. The molecule has 10 aromatic heterocycles. The average Bonchev–Trinajstić information content (AvgIpc) is 0.856. The van der Waals surface area contributed by atoms with Gasteiger partial charge >= 0.3 is 19.5 Å². The Hall–Kier alpha value is -12.9. The van der Waals surface area contributed by atoms with E-state index in [1.165, 1.54) is 92.2 Å². The third-order valence-corrected chi connectivity index (χ3v) is 26.4. The number of allylic oxidation sites excluding steroid dienone is 4. The number of rotatable bonds is 45. The highest BCUT2D eigenvalue weighted by atomic mass is 31.2. The molecule has 2 atom stereocenters. The summed E-state index contributed by atoms with van der Waals surface area (Å²) in [6.45, 7) is 18.7. The monoisotopic (exact) mass is 1950 g/mol. The van der Waals surface area contributed by atoms with Crippen LogP contribution in [0.5, 0.6) is 0 Å². The summed E-state index contributed by atoms with van der Waals surface area (Å²) in [4.78, 5) is 134. The lowest BCUT2D eigenvalue weighted by Gasteiger charge is -2.17. The number of aryl methyl sites for hydroxylation is 15. The van der Waals surface area contributed by atoms with Crippen molar-refractivity contribution in [2.24, 2.45) is 0 Å². The van der Waals surface area contributed by atoms with Gasteiger partial charge in [0.15, 0.2) is 17.9 Å². The minimum atomic E-state index is -3.23. The number of Topliss-reactive ketones (excluding diaryl/α,β-unsaturated/α-hetero) is 1. The topological polar surface area (TPSA) is 410 Å². The second kappa shape index (κ2) is 62.4. The first-order valence-corrected chi connectivity index (χ1v) is 52.5. The summed E-state index contributed by atoms with van der Waals surface area (Å²) in [7, 11) is -0.630. The van der Waals surface area contributed by atoms with Gasteiger partial charge in [0.25, 0.3) is 0 Å². The van der Waals surface area contributed by atoms with Crippen LogP contribution in [0.15, 0.2) is 147 Å². The number of pyridine rings is 5. The van der Waals surface area contributed by atoms with Gasteiger partial charge in [-0.1, -0.05) is 61.7 Å². The molecular formula is C110H145N20O11P. The number of ether oxygens (including phenoxy) is 2. The molecule has 756 valence electrons. The molecule has 0 fully saturated rings. The molecule has 2 unspecified atom stereocenters. The highest BCUT2D eigenvalue weighted by molar-refractivity contribution is 7.54. The van der Waals surface area contributed by atoms with Gasteiger partial charge in [0.05, 0.1) is 31.6 Å². The maximum atomic E-state index is 12.0. The molecular weight excluding hydrogens is 1810 g/mol. The zero-order chi connectivity index (χ0) is 101. The second-order valence-corrected chi connectivity index (χ2v) is 38.2. The molecule has 0 radical (unpaired) electrons. The Morgan fingerprint density at radius 2 is 0.697 bits per heavy atom. The molecule has 0 saturated heterocycles. The lowest BCUT2D eigenvalue weighted by molar-refractivity contribution is -0.144. The number of hydrogen-bond donors (Lipinski definition) is 5. The predicted octanol–water partition coefficient (Wildman–Crippen LogP) is 20.2. The van der Waals surface area contributed by atoms with Crippen LogP contribution < -0.4 is 26.6 Å². The predicted molar refractivity (Wildman–Crippen MR) is 558 cm³/mol. The zero-order valence-electron chi connectivity index (χ0n) is 84.6. The normalized spacial score (nSPS) is 13.6. The quantitative estimate of drug-likeness (QED) is 0.00591. The van der Waals surface area contributed by atoms with E-state index in [2.05, 4.69) is 164 Å². The number of fused-ring (bicyclic) bond motifs is 5. The van der Waals surface area contributed by atoms with Crippen LogP contribution in [-0.2, 0) is 111 Å². The van der Waals surface area contributed by atoms with Gasteiger partial charge in [0.2, 0.25) is 0 Å². The summed E-state index contributed by atoms with van der Waals surface area (Å²) >= 11 is 0. The van der Waals surface area contributed by atoms with Gasteiger partial charge in [-0.2, -0.15) is 0 Å². The van der Waals surface area contributed by atoms with Gasteiger partial charge in [-0.15, -0.1) is 0 Å². The van der Waals surface area contributed by atoms with Crippen LogP contribution in [0, 0.1) is 34.6 Å². The van der Waals surface area contributed by atoms with Crippen LogP contribution in [0.1, 0.15) is 298 Å². The molecule has 0 spiro atoms. The van der Waals surface area contributed by atoms with Crippen molar-refractivity contribution >= 4 is 84.4 Å². The number of ketones is 3. The fourth-order valence-electron chi connectivity index (χ4n) is 16.5. The first-order chi connectivity index (χ1) is 69.1. The van der Waals surface area contributed by atoms with Crippen LogP contribution in [-0.4, -0.2) is 177 Å². The summed E-state index contributed by atoms with van der Waals surface area (Å²) in [6.07, 6.45) is 61.1. The summed E-state index contributed by atoms with van der Waals surface area (Å²) in [5.74, 6) is 8.79. The lowest BCUT2D eigenvalue weighted by atomic mass is 9.92. The first-order valence-electron chi connectivity index (χ1n) is 50.7. The number of hydrogen-bond acceptors (Lipinski definition) is 31. The Morgan fingerprint density at radius 1 is 0.380 bits per heavy atom. The van der Waals surface area contributed by atoms with Gasteiger partial charge in [-0.25, -0.2) is 74.8 Å². The number of anilines is 5. The molecule has 5 aliphatic heterocycles. The number of nitrogens with zero attached hydrogens (tertiary/aromatic N) is 15. The highest BCUT2D eigenvalue weighted by Gasteiger charge is 2.26. The number of carbonyl (C=O) groups is 6. The molecule has 5 N–H and O–H groups in total. The van der Waals surface area contributed by atoms with Gasteiger partial charge in [0, 0.05) is 174 Å². The van der Waals surface area contributed by atoms with E-state index in [0.717, 1.165) is 291 Å². The smallest absolute Gasteiger partial charge is 0.337 e. The summed E-state index contributed by atoms with van der Waals surface area (Å²) < 4.78 is 31.7. The molecule has 0 bridgehead atoms. The Balaban J connectivity index is 0.000000179. The maximum absolute atomic E-state index is 12.0. The van der Waals surface area contributed by atoms with Crippen molar-refractivity contribution in [3.8, 4) is 0 Å². The Bertz CT molecular complexity index is 5580. The van der Waals surface area contributed by atoms with Crippen molar-refractivity contribution in [3.05, 3.63) is 260 Å². The Labute approximate surface area is 838 Å². The highest BCUT2D eigenvalue weighted by Crippen LogP contribution is 2.46. The van der Waals surface area contributed by atoms with Gasteiger partial charge in [-0.3, -0.25) is 33.3 Å². The molecule has 0 amide bonds. The van der Waals surface area contributed by atoms with E-state index in [-0.39, 0.29) is 47.3 Å². The Morgan fingerprint density at radius 3 is 1.05 bits per heavy atom. The van der Waals surface area contributed by atoms with E-state index in [0.29, 0.717) is 56.7 Å². The summed E-state index contributed by atoms with van der Waals surface area (Å²) in [5.41, 5.74) is 16.4. The van der Waals surface area contributed by atoms with Crippen LogP contribution in [0.3, 0.4) is 0 Å². The van der Waals surface area contributed by atoms with Crippen molar-refractivity contribution in [1.82, 2.24) is 74.8 Å². The number of unbranched alkanes of at least 4 members (excludes halogenated alkanes) is 8.